The average molecular weight is 210 g/mol. The first-order valence-corrected chi connectivity index (χ1v) is 4.10. The van der Waals surface area contributed by atoms with Crippen molar-refractivity contribution in [3.8, 4) is 5.75 Å². The summed E-state index contributed by atoms with van der Waals surface area (Å²) in [5.74, 6) is -0.205. The number of Topliss-reactive ketones (excluding diaryl/α,β-unsaturated/α-hetero) is 1. The smallest absolute Gasteiger partial charge is 0.274 e. The van der Waals surface area contributed by atoms with Gasteiger partial charge in [-0.2, -0.15) is 0 Å². The number of hydrogen-bond acceptors (Lipinski definition) is 5. The standard InChI is InChI=1S/C9H10N2O4/c1-5(12)7-3-6(11(13)14)4-8(15-2)9(7)10/h3-4H,10H2,1-2H3. The Morgan fingerprint density at radius 2 is 2.13 bits per heavy atom. The second-order valence-electron chi connectivity index (χ2n) is 2.92. The van der Waals surface area contributed by atoms with Crippen LogP contribution in [0.25, 0.3) is 0 Å². The van der Waals surface area contributed by atoms with E-state index in [1.54, 1.807) is 0 Å². The molecule has 0 aromatic heterocycles. The molecule has 1 aromatic rings. The molecule has 0 aliphatic carbocycles. The van der Waals surface area contributed by atoms with Crippen LogP contribution in [0.4, 0.5) is 11.4 Å². The van der Waals surface area contributed by atoms with Gasteiger partial charge < -0.3 is 10.5 Å². The number of nitrogen functional groups attached to an aromatic ring is 1. The number of non-ortho nitro benzene ring substituents is 1. The minimum atomic E-state index is -0.603. The summed E-state index contributed by atoms with van der Waals surface area (Å²) in [6.07, 6.45) is 0. The van der Waals surface area contributed by atoms with Crippen molar-refractivity contribution >= 4 is 17.2 Å². The van der Waals surface area contributed by atoms with E-state index in [0.717, 1.165) is 6.07 Å². The monoisotopic (exact) mass is 210 g/mol. The molecule has 0 fully saturated rings. The van der Waals surface area contributed by atoms with Gasteiger partial charge in [0.2, 0.25) is 0 Å². The molecule has 0 amide bonds. The van der Waals surface area contributed by atoms with Gasteiger partial charge in [-0.05, 0) is 6.92 Å². The van der Waals surface area contributed by atoms with Crippen molar-refractivity contribution in [2.24, 2.45) is 0 Å². The molecular weight excluding hydrogens is 200 g/mol. The molecule has 0 aliphatic rings. The molecule has 0 saturated heterocycles. The minimum Gasteiger partial charge on any atom is -0.494 e. The number of nitro groups is 1. The molecule has 0 heterocycles. The highest BCUT2D eigenvalue weighted by Crippen LogP contribution is 2.30. The van der Waals surface area contributed by atoms with Crippen LogP contribution in [0.2, 0.25) is 0 Å². The van der Waals surface area contributed by atoms with Crippen LogP contribution in [0.1, 0.15) is 17.3 Å². The van der Waals surface area contributed by atoms with E-state index in [1.807, 2.05) is 0 Å². The Kier molecular flexibility index (Phi) is 2.89. The lowest BCUT2D eigenvalue weighted by Crippen LogP contribution is -2.03. The van der Waals surface area contributed by atoms with Gasteiger partial charge in [-0.25, -0.2) is 0 Å². The summed E-state index contributed by atoms with van der Waals surface area (Å²) >= 11 is 0. The van der Waals surface area contributed by atoms with Gasteiger partial charge in [0.15, 0.2) is 5.78 Å². The number of carbonyl (C=O) groups is 1. The van der Waals surface area contributed by atoms with Gasteiger partial charge in [-0.3, -0.25) is 14.9 Å². The number of hydrogen-bond donors (Lipinski definition) is 1. The third-order valence-corrected chi connectivity index (χ3v) is 1.94. The summed E-state index contributed by atoms with van der Waals surface area (Å²) in [6, 6.07) is 2.32. The summed E-state index contributed by atoms with van der Waals surface area (Å²) in [4.78, 5) is 21.1. The van der Waals surface area contributed by atoms with Gasteiger partial charge in [0.05, 0.1) is 29.4 Å². The third-order valence-electron chi connectivity index (χ3n) is 1.94. The van der Waals surface area contributed by atoms with Gasteiger partial charge in [-0.15, -0.1) is 0 Å². The molecule has 0 unspecified atom stereocenters. The van der Waals surface area contributed by atoms with E-state index in [4.69, 9.17) is 10.5 Å². The Morgan fingerprint density at radius 3 is 2.53 bits per heavy atom. The van der Waals surface area contributed by atoms with E-state index < -0.39 is 4.92 Å². The molecular formula is C9H10N2O4. The number of nitrogens with two attached hydrogens (primary N) is 1. The molecule has 15 heavy (non-hydrogen) atoms. The highest BCUT2D eigenvalue weighted by Gasteiger charge is 2.17. The lowest BCUT2D eigenvalue weighted by atomic mass is 10.1. The van der Waals surface area contributed by atoms with Crippen molar-refractivity contribution in [3.63, 3.8) is 0 Å². The Labute approximate surface area is 85.8 Å². The summed E-state index contributed by atoms with van der Waals surface area (Å²) in [7, 11) is 1.33. The second-order valence-corrected chi connectivity index (χ2v) is 2.92. The molecule has 0 bridgehead atoms. The van der Waals surface area contributed by atoms with Crippen molar-refractivity contribution in [2.75, 3.05) is 12.8 Å². The van der Waals surface area contributed by atoms with Crippen LogP contribution in [-0.4, -0.2) is 17.8 Å². The fraction of sp³-hybridized carbons (Fsp3) is 0.222. The molecule has 0 aliphatic heterocycles. The van der Waals surface area contributed by atoms with Crippen molar-refractivity contribution in [3.05, 3.63) is 27.8 Å². The lowest BCUT2D eigenvalue weighted by molar-refractivity contribution is -0.384. The Hall–Kier alpha value is -2.11. The Morgan fingerprint density at radius 1 is 1.53 bits per heavy atom. The van der Waals surface area contributed by atoms with Crippen LogP contribution >= 0.6 is 0 Å². The summed E-state index contributed by atoms with van der Waals surface area (Å²) in [5.41, 5.74) is 5.60. The topological polar surface area (TPSA) is 95.5 Å². The second kappa shape index (κ2) is 3.95. The molecule has 0 atom stereocenters. The minimum absolute atomic E-state index is 0.0982. The number of nitro benzene ring substituents is 1. The number of methoxy groups -OCH3 is 1. The van der Waals surface area contributed by atoms with Crippen molar-refractivity contribution in [1.29, 1.82) is 0 Å². The lowest BCUT2D eigenvalue weighted by Gasteiger charge is -2.07. The zero-order chi connectivity index (χ0) is 11.6. The summed E-state index contributed by atoms with van der Waals surface area (Å²) < 4.78 is 4.84. The van der Waals surface area contributed by atoms with Gasteiger partial charge in [0.25, 0.3) is 5.69 Å². The number of rotatable bonds is 3. The first-order valence-electron chi connectivity index (χ1n) is 4.10. The van der Waals surface area contributed by atoms with E-state index in [0.29, 0.717) is 0 Å². The zero-order valence-electron chi connectivity index (χ0n) is 8.31. The maximum atomic E-state index is 11.2. The largest absolute Gasteiger partial charge is 0.494 e. The van der Waals surface area contributed by atoms with Crippen LogP contribution in [0.15, 0.2) is 12.1 Å². The van der Waals surface area contributed by atoms with Crippen LogP contribution < -0.4 is 10.5 Å². The molecule has 80 valence electrons. The number of benzene rings is 1. The first-order chi connectivity index (χ1) is 6.97. The van der Waals surface area contributed by atoms with Crippen LogP contribution in [-0.2, 0) is 0 Å². The van der Waals surface area contributed by atoms with Crippen molar-refractivity contribution < 1.29 is 14.5 Å². The predicted octanol–water partition coefficient (Wildman–Crippen LogP) is 1.39. The fourth-order valence-electron chi connectivity index (χ4n) is 1.18. The van der Waals surface area contributed by atoms with Gasteiger partial charge >= 0.3 is 0 Å². The Bertz CT molecular complexity index is 428. The highest BCUT2D eigenvalue weighted by molar-refractivity contribution is 6.01. The summed E-state index contributed by atoms with van der Waals surface area (Å²) in [5, 5.41) is 10.6. The number of anilines is 1. The van der Waals surface area contributed by atoms with E-state index >= 15 is 0 Å². The predicted molar refractivity (Wildman–Crippen MR) is 54.1 cm³/mol. The molecule has 1 rings (SSSR count). The van der Waals surface area contributed by atoms with E-state index in [-0.39, 0.29) is 28.5 Å². The quantitative estimate of drug-likeness (QED) is 0.352. The molecule has 0 radical (unpaired) electrons. The maximum Gasteiger partial charge on any atom is 0.274 e. The molecule has 6 heteroatoms. The van der Waals surface area contributed by atoms with E-state index in [1.165, 1.54) is 20.1 Å². The van der Waals surface area contributed by atoms with Crippen LogP contribution in [0, 0.1) is 10.1 Å². The molecule has 0 spiro atoms. The van der Waals surface area contributed by atoms with Crippen molar-refractivity contribution in [1.82, 2.24) is 0 Å². The number of nitrogens with zero attached hydrogens (tertiary/aromatic N) is 1. The SMILES string of the molecule is COc1cc([N+](=O)[O-])cc(C(C)=O)c1N. The number of carbonyl (C=O) groups excluding carboxylic acids is 1. The van der Waals surface area contributed by atoms with Gasteiger partial charge in [0, 0.05) is 6.07 Å². The van der Waals surface area contributed by atoms with Crippen LogP contribution in [0.5, 0.6) is 5.75 Å². The number of ether oxygens (including phenoxy) is 1. The number of ketones is 1. The van der Waals surface area contributed by atoms with E-state index in [2.05, 4.69) is 0 Å². The summed E-state index contributed by atoms with van der Waals surface area (Å²) in [6.45, 7) is 1.29. The van der Waals surface area contributed by atoms with E-state index in [9.17, 15) is 14.9 Å². The van der Waals surface area contributed by atoms with Gasteiger partial charge in [0.1, 0.15) is 5.75 Å². The average Bonchev–Trinajstić information content (AvgIpc) is 2.17. The molecule has 0 saturated carbocycles. The van der Waals surface area contributed by atoms with Crippen molar-refractivity contribution in [2.45, 2.75) is 6.92 Å². The molecule has 6 nitrogen and oxygen atoms in total. The molecule has 2 N–H and O–H groups in total. The van der Waals surface area contributed by atoms with Gasteiger partial charge in [-0.1, -0.05) is 0 Å². The normalized spacial score (nSPS) is 9.73. The fourth-order valence-corrected chi connectivity index (χ4v) is 1.18. The maximum absolute atomic E-state index is 11.2. The zero-order valence-corrected chi connectivity index (χ0v) is 8.31. The van der Waals surface area contributed by atoms with Crippen LogP contribution in [0.3, 0.4) is 0 Å². The molecule has 1 aromatic carbocycles. The third kappa shape index (κ3) is 2.04. The Balaban J connectivity index is 3.45. The first kappa shape index (κ1) is 11.0. The highest BCUT2D eigenvalue weighted by atomic mass is 16.6.